The van der Waals surface area contributed by atoms with E-state index in [-0.39, 0.29) is 12.2 Å². The largest absolute Gasteiger partial charge is 0.481 e. The third-order valence-electron chi connectivity index (χ3n) is 2.69. The Labute approximate surface area is 94.1 Å². The zero-order valence-corrected chi connectivity index (χ0v) is 9.46. The van der Waals surface area contributed by atoms with Crippen molar-refractivity contribution in [3.05, 3.63) is 34.6 Å². The normalized spacial score (nSPS) is 12.5. The van der Waals surface area contributed by atoms with Crippen molar-refractivity contribution in [2.75, 3.05) is 0 Å². The van der Waals surface area contributed by atoms with Crippen molar-refractivity contribution in [1.29, 1.82) is 0 Å². The van der Waals surface area contributed by atoms with Gasteiger partial charge in [0.2, 0.25) is 0 Å². The Kier molecular flexibility index (Phi) is 4.01. The molecule has 0 aliphatic rings. The number of rotatable bonds is 4. The highest BCUT2D eigenvalue weighted by Crippen LogP contribution is 2.23. The number of aliphatic carboxylic acids is 1. The van der Waals surface area contributed by atoms with Gasteiger partial charge in [0.1, 0.15) is 5.82 Å². The van der Waals surface area contributed by atoms with Crippen LogP contribution < -0.4 is 5.73 Å². The number of halogens is 1. The molecule has 3 nitrogen and oxygen atoms in total. The molecule has 0 aliphatic carbocycles. The van der Waals surface area contributed by atoms with Crippen molar-refractivity contribution < 1.29 is 14.3 Å². The zero-order chi connectivity index (χ0) is 12.3. The van der Waals surface area contributed by atoms with E-state index in [4.69, 9.17) is 10.8 Å². The molecule has 0 fully saturated rings. The third kappa shape index (κ3) is 2.79. The fourth-order valence-corrected chi connectivity index (χ4v) is 1.67. The van der Waals surface area contributed by atoms with E-state index in [1.807, 2.05) is 0 Å². The van der Waals surface area contributed by atoms with Crippen LogP contribution in [0.1, 0.15) is 35.6 Å². The lowest BCUT2D eigenvalue weighted by Gasteiger charge is -2.15. The summed E-state index contributed by atoms with van der Waals surface area (Å²) in [6.45, 7) is 3.35. The van der Waals surface area contributed by atoms with E-state index in [1.54, 1.807) is 26.0 Å². The van der Waals surface area contributed by atoms with Gasteiger partial charge in [0.25, 0.3) is 0 Å². The van der Waals surface area contributed by atoms with Gasteiger partial charge in [-0.15, -0.1) is 0 Å². The lowest BCUT2D eigenvalue weighted by Crippen LogP contribution is -2.14. The fourth-order valence-electron chi connectivity index (χ4n) is 1.67. The van der Waals surface area contributed by atoms with Crippen LogP contribution in [0.15, 0.2) is 12.1 Å². The maximum atomic E-state index is 13.6. The molecule has 0 saturated heterocycles. The molecule has 1 atom stereocenters. The average molecular weight is 225 g/mol. The SMILES string of the molecule is Cc1ccc(C(N)CCC(=O)O)c(C)c1F. The van der Waals surface area contributed by atoms with Crippen LogP contribution in [0.3, 0.4) is 0 Å². The lowest BCUT2D eigenvalue weighted by atomic mass is 9.96. The highest BCUT2D eigenvalue weighted by Gasteiger charge is 2.14. The third-order valence-corrected chi connectivity index (χ3v) is 2.69. The second-order valence-corrected chi connectivity index (χ2v) is 3.95. The zero-order valence-electron chi connectivity index (χ0n) is 9.46. The van der Waals surface area contributed by atoms with E-state index in [0.29, 0.717) is 23.1 Å². The summed E-state index contributed by atoms with van der Waals surface area (Å²) >= 11 is 0. The van der Waals surface area contributed by atoms with Gasteiger partial charge in [-0.1, -0.05) is 12.1 Å². The van der Waals surface area contributed by atoms with Crippen molar-refractivity contribution in [3.63, 3.8) is 0 Å². The number of carbonyl (C=O) groups is 1. The average Bonchev–Trinajstić information content (AvgIpc) is 2.23. The van der Waals surface area contributed by atoms with E-state index < -0.39 is 12.0 Å². The molecule has 1 rings (SSSR count). The van der Waals surface area contributed by atoms with Crippen LogP contribution >= 0.6 is 0 Å². The number of benzene rings is 1. The van der Waals surface area contributed by atoms with Gasteiger partial charge in [-0.25, -0.2) is 4.39 Å². The van der Waals surface area contributed by atoms with E-state index in [9.17, 15) is 9.18 Å². The van der Waals surface area contributed by atoms with Crippen LogP contribution in [0.5, 0.6) is 0 Å². The molecular formula is C12H16FNO2. The highest BCUT2D eigenvalue weighted by atomic mass is 19.1. The van der Waals surface area contributed by atoms with E-state index in [2.05, 4.69) is 0 Å². The molecule has 0 bridgehead atoms. The molecule has 0 aromatic heterocycles. The second-order valence-electron chi connectivity index (χ2n) is 3.95. The molecule has 0 aliphatic heterocycles. The van der Waals surface area contributed by atoms with Gasteiger partial charge in [-0.05, 0) is 37.0 Å². The summed E-state index contributed by atoms with van der Waals surface area (Å²) in [5.74, 6) is -1.15. The lowest BCUT2D eigenvalue weighted by molar-refractivity contribution is -0.137. The molecule has 0 spiro atoms. The molecule has 0 radical (unpaired) electrons. The Morgan fingerprint density at radius 3 is 2.69 bits per heavy atom. The first-order valence-corrected chi connectivity index (χ1v) is 5.16. The number of carboxylic acids is 1. The minimum atomic E-state index is -0.888. The summed E-state index contributed by atoms with van der Waals surface area (Å²) in [7, 11) is 0. The minimum Gasteiger partial charge on any atom is -0.481 e. The molecule has 16 heavy (non-hydrogen) atoms. The predicted octanol–water partition coefficient (Wildman–Crippen LogP) is 2.31. The van der Waals surface area contributed by atoms with Gasteiger partial charge in [0, 0.05) is 12.5 Å². The van der Waals surface area contributed by atoms with Gasteiger partial charge in [0.05, 0.1) is 0 Å². The molecule has 4 heteroatoms. The highest BCUT2D eigenvalue weighted by molar-refractivity contribution is 5.66. The van der Waals surface area contributed by atoms with Crippen molar-refractivity contribution >= 4 is 5.97 Å². The Balaban J connectivity index is 2.87. The Morgan fingerprint density at radius 1 is 1.50 bits per heavy atom. The maximum absolute atomic E-state index is 13.6. The quantitative estimate of drug-likeness (QED) is 0.826. The van der Waals surface area contributed by atoms with Gasteiger partial charge < -0.3 is 10.8 Å². The number of nitrogens with two attached hydrogens (primary N) is 1. The number of carboxylic acid groups (broad SMARTS) is 1. The van der Waals surface area contributed by atoms with Crippen LogP contribution in [0.25, 0.3) is 0 Å². The molecular weight excluding hydrogens is 209 g/mol. The van der Waals surface area contributed by atoms with E-state index in [1.165, 1.54) is 0 Å². The second kappa shape index (κ2) is 5.07. The van der Waals surface area contributed by atoms with Crippen molar-refractivity contribution in [1.82, 2.24) is 0 Å². The van der Waals surface area contributed by atoms with Crippen molar-refractivity contribution in [2.24, 2.45) is 5.73 Å². The smallest absolute Gasteiger partial charge is 0.303 e. The first-order chi connectivity index (χ1) is 7.43. The van der Waals surface area contributed by atoms with Crippen LogP contribution in [-0.4, -0.2) is 11.1 Å². The predicted molar refractivity (Wildman–Crippen MR) is 59.7 cm³/mol. The first-order valence-electron chi connectivity index (χ1n) is 5.16. The van der Waals surface area contributed by atoms with Gasteiger partial charge >= 0.3 is 5.97 Å². The Morgan fingerprint density at radius 2 is 2.12 bits per heavy atom. The molecule has 3 N–H and O–H groups in total. The van der Waals surface area contributed by atoms with Crippen molar-refractivity contribution in [3.8, 4) is 0 Å². The van der Waals surface area contributed by atoms with Crippen LogP contribution in [-0.2, 0) is 4.79 Å². The monoisotopic (exact) mass is 225 g/mol. The number of hydrogen-bond donors (Lipinski definition) is 2. The first kappa shape index (κ1) is 12.6. The summed E-state index contributed by atoms with van der Waals surface area (Å²) in [6.07, 6.45) is 0.314. The summed E-state index contributed by atoms with van der Waals surface area (Å²) < 4.78 is 13.6. The molecule has 1 aromatic rings. The standard InChI is InChI=1S/C12H16FNO2/c1-7-3-4-9(8(2)12(7)13)10(14)5-6-11(15)16/h3-4,10H,5-6,14H2,1-2H3,(H,15,16). The molecule has 0 amide bonds. The summed E-state index contributed by atoms with van der Waals surface area (Å²) in [4.78, 5) is 10.4. The van der Waals surface area contributed by atoms with E-state index >= 15 is 0 Å². The summed E-state index contributed by atoms with van der Waals surface area (Å²) in [5, 5.41) is 8.55. The summed E-state index contributed by atoms with van der Waals surface area (Å²) in [6, 6.07) is 3.00. The minimum absolute atomic E-state index is 0.00387. The van der Waals surface area contributed by atoms with Crippen LogP contribution in [0, 0.1) is 19.7 Å². The molecule has 1 aromatic carbocycles. The maximum Gasteiger partial charge on any atom is 0.303 e. The molecule has 0 saturated carbocycles. The number of hydrogen-bond acceptors (Lipinski definition) is 2. The molecule has 1 unspecified atom stereocenters. The molecule has 88 valence electrons. The molecule has 0 heterocycles. The van der Waals surface area contributed by atoms with E-state index in [0.717, 1.165) is 0 Å². The van der Waals surface area contributed by atoms with Gasteiger partial charge in [-0.3, -0.25) is 4.79 Å². The fraction of sp³-hybridized carbons (Fsp3) is 0.417. The van der Waals surface area contributed by atoms with Crippen LogP contribution in [0.2, 0.25) is 0 Å². The van der Waals surface area contributed by atoms with Crippen molar-refractivity contribution in [2.45, 2.75) is 32.7 Å². The Hall–Kier alpha value is -1.42. The Bertz CT molecular complexity index is 404. The van der Waals surface area contributed by atoms with Crippen LogP contribution in [0.4, 0.5) is 4.39 Å². The van der Waals surface area contributed by atoms with Gasteiger partial charge in [0.15, 0.2) is 0 Å². The number of aryl methyl sites for hydroxylation is 1. The topological polar surface area (TPSA) is 63.3 Å². The summed E-state index contributed by atoms with van der Waals surface area (Å²) in [5.41, 5.74) is 7.61. The van der Waals surface area contributed by atoms with Gasteiger partial charge in [-0.2, -0.15) is 0 Å².